The second-order valence-corrected chi connectivity index (χ2v) is 8.74. The molecule has 7 heteroatoms. The lowest BCUT2D eigenvalue weighted by Gasteiger charge is -2.17. The minimum atomic E-state index is 0.901. The van der Waals surface area contributed by atoms with Crippen LogP contribution >= 0.6 is 23.3 Å². The fourth-order valence-electron chi connectivity index (χ4n) is 4.05. The van der Waals surface area contributed by atoms with E-state index in [0.29, 0.717) is 0 Å². The van der Waals surface area contributed by atoms with Crippen molar-refractivity contribution < 1.29 is 4.57 Å². The number of allylic oxidation sites excluding steroid dienone is 2. The third kappa shape index (κ3) is 2.88. The first kappa shape index (κ1) is 18.4. The lowest BCUT2D eigenvalue weighted by Crippen LogP contribution is -2.31. The van der Waals surface area contributed by atoms with Crippen LogP contribution in [0.2, 0.25) is 0 Å². The number of nitrogens with zero attached hydrogens (tertiary/aromatic N) is 5. The summed E-state index contributed by atoms with van der Waals surface area (Å²) in [5.74, 6) is 1.16. The first-order chi connectivity index (χ1) is 14.2. The number of imidazole rings is 1. The molecule has 3 heterocycles. The Morgan fingerprint density at radius 1 is 1.10 bits per heavy atom. The van der Waals surface area contributed by atoms with Crippen LogP contribution in [0.25, 0.3) is 27.3 Å². The number of anilines is 1. The molecule has 0 fully saturated rings. The average Bonchev–Trinajstić information content (AvgIpc) is 3.42. The van der Waals surface area contributed by atoms with Crippen LogP contribution in [0.5, 0.6) is 0 Å². The predicted octanol–water partition coefficient (Wildman–Crippen LogP) is 4.98. The summed E-state index contributed by atoms with van der Waals surface area (Å²) in [6.45, 7) is 6.24. The van der Waals surface area contributed by atoms with Gasteiger partial charge in [-0.25, -0.2) is 9.13 Å². The number of fused-ring (bicyclic) bond motifs is 4. The van der Waals surface area contributed by atoms with Crippen molar-refractivity contribution in [1.82, 2.24) is 14.2 Å². The minimum Gasteiger partial charge on any atom is -0.335 e. The molecule has 0 radical (unpaired) electrons. The zero-order valence-electron chi connectivity index (χ0n) is 16.7. The van der Waals surface area contributed by atoms with Crippen molar-refractivity contribution >= 4 is 56.3 Å². The van der Waals surface area contributed by atoms with E-state index in [4.69, 9.17) is 0 Å². The van der Waals surface area contributed by atoms with E-state index in [1.807, 2.05) is 11.8 Å². The number of hydrogen-bond acceptors (Lipinski definition) is 5. The van der Waals surface area contributed by atoms with Crippen molar-refractivity contribution in [2.24, 2.45) is 7.05 Å². The molecule has 146 valence electrons. The summed E-state index contributed by atoms with van der Waals surface area (Å²) in [5.41, 5.74) is 4.61. The van der Waals surface area contributed by atoms with Gasteiger partial charge in [0.15, 0.2) is 11.0 Å². The van der Waals surface area contributed by atoms with E-state index < -0.39 is 0 Å². The maximum Gasteiger partial charge on any atom is 0.282 e. The molecule has 2 aromatic carbocycles. The molecule has 5 nitrogen and oxygen atoms in total. The van der Waals surface area contributed by atoms with E-state index >= 15 is 0 Å². The van der Waals surface area contributed by atoms with Gasteiger partial charge in [0, 0.05) is 17.5 Å². The van der Waals surface area contributed by atoms with Crippen molar-refractivity contribution in [2.75, 3.05) is 11.4 Å². The van der Waals surface area contributed by atoms with Crippen LogP contribution in [-0.2, 0) is 13.6 Å². The molecule has 0 unspecified atom stereocenters. The van der Waals surface area contributed by atoms with Crippen molar-refractivity contribution in [3.8, 4) is 0 Å². The maximum absolute atomic E-state index is 4.37. The molecular weight excluding hydrogens is 398 g/mol. The molecule has 5 rings (SSSR count). The summed E-state index contributed by atoms with van der Waals surface area (Å²) in [6, 6.07) is 12.9. The van der Waals surface area contributed by atoms with Crippen LogP contribution in [0.15, 0.2) is 58.5 Å². The Kier molecular flexibility index (Phi) is 4.64. The number of aryl methyl sites for hydroxylation is 2. The standard InChI is InChI=1S/C22H22N5S2/c1-4-26-16-13-14-18-21(23-24-29-18)22(16)25(3)19(26)11-8-12-20-27(5-2)15-9-6-7-10-17(15)28-20/h6-14H,4-5H2,1-3H3/q+1. The van der Waals surface area contributed by atoms with Crippen LogP contribution in [0.3, 0.4) is 0 Å². The van der Waals surface area contributed by atoms with Crippen LogP contribution in [0, 0.1) is 0 Å². The van der Waals surface area contributed by atoms with Crippen molar-refractivity contribution in [1.29, 1.82) is 0 Å². The molecule has 0 saturated heterocycles. The number of hydrogen-bond donors (Lipinski definition) is 0. The lowest BCUT2D eigenvalue weighted by molar-refractivity contribution is -0.647. The zero-order chi connectivity index (χ0) is 20.0. The Morgan fingerprint density at radius 3 is 2.79 bits per heavy atom. The van der Waals surface area contributed by atoms with E-state index in [1.54, 1.807) is 0 Å². The highest BCUT2D eigenvalue weighted by Gasteiger charge is 2.24. The first-order valence-corrected chi connectivity index (χ1v) is 11.4. The molecule has 0 aliphatic carbocycles. The fraction of sp³-hybridized carbons (Fsp3) is 0.227. The van der Waals surface area contributed by atoms with Crippen LogP contribution < -0.4 is 9.47 Å². The number of benzene rings is 2. The third-order valence-corrected chi connectivity index (χ3v) is 7.19. The zero-order valence-corrected chi connectivity index (χ0v) is 18.3. The van der Waals surface area contributed by atoms with E-state index in [9.17, 15) is 0 Å². The van der Waals surface area contributed by atoms with Gasteiger partial charge in [-0.05, 0) is 55.7 Å². The molecule has 0 spiro atoms. The summed E-state index contributed by atoms with van der Waals surface area (Å²) in [5, 5.41) is 5.63. The molecule has 0 bridgehead atoms. The quantitative estimate of drug-likeness (QED) is 0.437. The average molecular weight is 421 g/mol. The van der Waals surface area contributed by atoms with Gasteiger partial charge in [-0.15, -0.1) is 5.10 Å². The van der Waals surface area contributed by atoms with Gasteiger partial charge in [0.2, 0.25) is 5.52 Å². The minimum absolute atomic E-state index is 0.901. The second-order valence-electron chi connectivity index (χ2n) is 6.89. The Balaban J connectivity index is 1.56. The van der Waals surface area contributed by atoms with Gasteiger partial charge >= 0.3 is 0 Å². The first-order valence-electron chi connectivity index (χ1n) is 9.79. The lowest BCUT2D eigenvalue weighted by atomic mass is 10.3. The highest BCUT2D eigenvalue weighted by atomic mass is 32.2. The molecular formula is C22H22N5S2+. The maximum atomic E-state index is 4.37. The molecule has 0 saturated carbocycles. The molecule has 0 atom stereocenters. The highest BCUT2D eigenvalue weighted by Crippen LogP contribution is 2.45. The van der Waals surface area contributed by atoms with Gasteiger partial charge in [0.25, 0.3) is 5.82 Å². The summed E-state index contributed by atoms with van der Waals surface area (Å²) in [7, 11) is 2.11. The van der Waals surface area contributed by atoms with Crippen LogP contribution in [0.4, 0.5) is 5.69 Å². The van der Waals surface area contributed by atoms with Crippen molar-refractivity contribution in [2.45, 2.75) is 25.3 Å². The molecule has 1 aliphatic rings. The number of para-hydroxylation sites is 1. The van der Waals surface area contributed by atoms with Gasteiger partial charge in [-0.3, -0.25) is 0 Å². The largest absolute Gasteiger partial charge is 0.335 e. The highest BCUT2D eigenvalue weighted by molar-refractivity contribution is 8.03. The smallest absolute Gasteiger partial charge is 0.282 e. The normalized spacial score (nSPS) is 15.4. The van der Waals surface area contributed by atoms with E-state index in [2.05, 4.69) is 99.1 Å². The summed E-state index contributed by atoms with van der Waals surface area (Å²) in [6.07, 6.45) is 6.57. The summed E-state index contributed by atoms with van der Waals surface area (Å²) < 4.78 is 9.82. The van der Waals surface area contributed by atoms with E-state index in [0.717, 1.165) is 34.6 Å². The predicted molar refractivity (Wildman–Crippen MR) is 122 cm³/mol. The molecule has 0 N–H and O–H groups in total. The van der Waals surface area contributed by atoms with E-state index in [-0.39, 0.29) is 0 Å². The molecule has 1 aliphatic heterocycles. The number of aromatic nitrogens is 4. The number of rotatable bonds is 4. The van der Waals surface area contributed by atoms with Crippen LogP contribution in [0.1, 0.15) is 19.7 Å². The van der Waals surface area contributed by atoms with Crippen molar-refractivity contribution in [3.63, 3.8) is 0 Å². The molecule has 2 aromatic heterocycles. The van der Waals surface area contributed by atoms with Crippen LogP contribution in [-0.4, -0.2) is 20.7 Å². The van der Waals surface area contributed by atoms with Gasteiger partial charge in [-0.2, -0.15) is 0 Å². The molecule has 29 heavy (non-hydrogen) atoms. The summed E-state index contributed by atoms with van der Waals surface area (Å²) in [4.78, 5) is 3.69. The number of thioether (sulfide) groups is 1. The van der Waals surface area contributed by atoms with Crippen molar-refractivity contribution in [3.05, 3.63) is 59.4 Å². The Hall–Kier alpha value is -2.64. The van der Waals surface area contributed by atoms with E-state index in [1.165, 1.54) is 32.7 Å². The van der Waals surface area contributed by atoms with Gasteiger partial charge in [0.1, 0.15) is 0 Å². The third-order valence-electron chi connectivity index (χ3n) is 5.37. The monoisotopic (exact) mass is 420 g/mol. The van der Waals surface area contributed by atoms with Gasteiger partial charge in [-0.1, -0.05) is 34.5 Å². The Labute approximate surface area is 178 Å². The van der Waals surface area contributed by atoms with Gasteiger partial charge in [0.05, 0.1) is 29.0 Å². The van der Waals surface area contributed by atoms with Gasteiger partial charge < -0.3 is 4.90 Å². The molecule has 4 aromatic rings. The summed E-state index contributed by atoms with van der Waals surface area (Å²) >= 11 is 3.28. The Morgan fingerprint density at radius 2 is 1.97 bits per heavy atom. The topological polar surface area (TPSA) is 37.8 Å². The SMILES string of the molecule is CCN1/C(=C/C=C\c2n(CC)c3ccc4snnc4c3[n+]2C)Sc2ccccc21. The fourth-order valence-corrected chi connectivity index (χ4v) is 5.75. The Bertz CT molecular complexity index is 1280. The second kappa shape index (κ2) is 7.31. The molecule has 0 amide bonds.